The van der Waals surface area contributed by atoms with Crippen LogP contribution in [0.1, 0.15) is 11.1 Å². The number of furan rings is 1. The molecule has 0 fully saturated rings. The molecule has 2 aromatic heterocycles. The topological polar surface area (TPSA) is 99.4 Å². The van der Waals surface area contributed by atoms with E-state index in [0.717, 1.165) is 60.9 Å². The summed E-state index contributed by atoms with van der Waals surface area (Å²) >= 11 is 0. The van der Waals surface area contributed by atoms with Gasteiger partial charge in [-0.3, -0.25) is 0 Å². The Bertz CT molecular complexity index is 2430. The molecular formula is C41H23N5O. The normalized spacial score (nSPS) is 10.9. The molecule has 0 atom stereocenters. The van der Waals surface area contributed by atoms with Crippen molar-refractivity contribution in [2.24, 2.45) is 0 Å². The minimum absolute atomic E-state index is 0.420. The Labute approximate surface area is 270 Å². The van der Waals surface area contributed by atoms with Crippen molar-refractivity contribution >= 4 is 21.9 Å². The van der Waals surface area contributed by atoms with Crippen LogP contribution in [0.2, 0.25) is 0 Å². The predicted molar refractivity (Wildman–Crippen MR) is 184 cm³/mol. The Hall–Kier alpha value is -6.89. The van der Waals surface area contributed by atoms with Gasteiger partial charge in [0.1, 0.15) is 11.2 Å². The summed E-state index contributed by atoms with van der Waals surface area (Å²) < 4.78 is 6.49. The van der Waals surface area contributed by atoms with Gasteiger partial charge < -0.3 is 4.42 Å². The molecule has 0 spiro atoms. The molecule has 0 saturated heterocycles. The second-order valence-electron chi connectivity index (χ2n) is 11.1. The largest absolute Gasteiger partial charge is 0.455 e. The van der Waals surface area contributed by atoms with Crippen LogP contribution < -0.4 is 0 Å². The standard InChI is InChI=1S/C41H23N5O/c42-24-26-21-27(25-43)23-32(22-26)33-19-20-35-34-13-7-8-14-36(34)47-38(35)37(33)28-15-17-31(18-16-28)41-45-39(29-9-3-1-4-10-29)44-40(46-41)30-11-5-2-6-12-30/h1-23H. The van der Waals surface area contributed by atoms with Gasteiger partial charge in [-0.15, -0.1) is 0 Å². The second kappa shape index (κ2) is 11.6. The molecule has 6 aromatic carbocycles. The monoisotopic (exact) mass is 601 g/mol. The molecule has 218 valence electrons. The molecule has 0 aliphatic heterocycles. The first kappa shape index (κ1) is 27.6. The Morgan fingerprint density at radius 1 is 0.447 bits per heavy atom. The highest BCUT2D eigenvalue weighted by molar-refractivity contribution is 6.12. The predicted octanol–water partition coefficient (Wildman–Crippen LogP) is 9.85. The van der Waals surface area contributed by atoms with Gasteiger partial charge in [-0.25, -0.2) is 15.0 Å². The Kier molecular flexibility index (Phi) is 6.80. The highest BCUT2D eigenvalue weighted by Gasteiger charge is 2.19. The van der Waals surface area contributed by atoms with Crippen LogP contribution in [-0.4, -0.2) is 15.0 Å². The number of benzene rings is 6. The lowest BCUT2D eigenvalue weighted by molar-refractivity contribution is 0.670. The number of fused-ring (bicyclic) bond motifs is 3. The number of hydrogen-bond acceptors (Lipinski definition) is 6. The Balaban J connectivity index is 1.31. The average molecular weight is 602 g/mol. The van der Waals surface area contributed by atoms with Gasteiger partial charge in [-0.05, 0) is 47.0 Å². The van der Waals surface area contributed by atoms with Gasteiger partial charge in [0.05, 0.1) is 23.3 Å². The zero-order valence-electron chi connectivity index (χ0n) is 24.9. The molecular weight excluding hydrogens is 578 g/mol. The van der Waals surface area contributed by atoms with Gasteiger partial charge >= 0.3 is 0 Å². The maximum absolute atomic E-state index is 9.71. The van der Waals surface area contributed by atoms with Gasteiger partial charge in [0.15, 0.2) is 17.5 Å². The molecule has 0 radical (unpaired) electrons. The van der Waals surface area contributed by atoms with E-state index in [2.05, 4.69) is 12.1 Å². The molecule has 2 heterocycles. The minimum atomic E-state index is 0.420. The lowest BCUT2D eigenvalue weighted by Crippen LogP contribution is -2.00. The molecule has 0 saturated carbocycles. The highest BCUT2D eigenvalue weighted by Crippen LogP contribution is 2.42. The number of nitriles is 2. The molecule has 6 heteroatoms. The first-order valence-corrected chi connectivity index (χ1v) is 15.1. The SMILES string of the molecule is N#Cc1cc(C#N)cc(-c2ccc3c(oc4ccccc43)c2-c2ccc(-c3nc(-c4ccccc4)nc(-c4ccccc4)n3)cc2)c1. The Morgan fingerprint density at radius 3 is 1.53 bits per heavy atom. The van der Waals surface area contributed by atoms with Gasteiger partial charge in [-0.2, -0.15) is 10.5 Å². The second-order valence-corrected chi connectivity index (χ2v) is 11.1. The van der Waals surface area contributed by atoms with Gasteiger partial charge in [0, 0.05) is 33.0 Å². The van der Waals surface area contributed by atoms with Crippen LogP contribution in [0.25, 0.3) is 78.4 Å². The van der Waals surface area contributed by atoms with Gasteiger partial charge in [0.2, 0.25) is 0 Å². The summed E-state index contributed by atoms with van der Waals surface area (Å²) in [6.45, 7) is 0. The van der Waals surface area contributed by atoms with Crippen molar-refractivity contribution < 1.29 is 4.42 Å². The van der Waals surface area contributed by atoms with Crippen LogP contribution >= 0.6 is 0 Å². The fraction of sp³-hybridized carbons (Fsp3) is 0. The summed E-state index contributed by atoms with van der Waals surface area (Å²) in [6.07, 6.45) is 0. The first-order chi connectivity index (χ1) is 23.2. The van der Waals surface area contributed by atoms with E-state index in [-0.39, 0.29) is 0 Å². The van der Waals surface area contributed by atoms with E-state index in [4.69, 9.17) is 19.4 Å². The summed E-state index contributed by atoms with van der Waals surface area (Å²) in [5.41, 5.74) is 8.40. The third-order valence-corrected chi connectivity index (χ3v) is 8.18. The van der Waals surface area contributed by atoms with Crippen LogP contribution in [0.4, 0.5) is 0 Å². The van der Waals surface area contributed by atoms with Crippen LogP contribution in [-0.2, 0) is 0 Å². The number of para-hydroxylation sites is 1. The molecule has 6 nitrogen and oxygen atoms in total. The third-order valence-electron chi connectivity index (χ3n) is 8.18. The summed E-state index contributed by atoms with van der Waals surface area (Å²) in [5, 5.41) is 21.4. The highest BCUT2D eigenvalue weighted by atomic mass is 16.3. The number of nitrogens with zero attached hydrogens (tertiary/aromatic N) is 5. The molecule has 47 heavy (non-hydrogen) atoms. The zero-order chi connectivity index (χ0) is 31.7. The van der Waals surface area contributed by atoms with E-state index in [1.165, 1.54) is 0 Å². The number of aromatic nitrogens is 3. The fourth-order valence-corrected chi connectivity index (χ4v) is 5.95. The van der Waals surface area contributed by atoms with Crippen molar-refractivity contribution in [2.45, 2.75) is 0 Å². The van der Waals surface area contributed by atoms with Crippen LogP contribution in [0.5, 0.6) is 0 Å². The quantitative estimate of drug-likeness (QED) is 0.195. The average Bonchev–Trinajstić information content (AvgIpc) is 3.53. The molecule has 0 aliphatic carbocycles. The Morgan fingerprint density at radius 2 is 0.957 bits per heavy atom. The van der Waals surface area contributed by atoms with Gasteiger partial charge in [0.25, 0.3) is 0 Å². The van der Waals surface area contributed by atoms with Crippen LogP contribution in [0, 0.1) is 22.7 Å². The number of hydrogen-bond donors (Lipinski definition) is 0. The number of rotatable bonds is 5. The van der Waals surface area contributed by atoms with Crippen LogP contribution in [0.15, 0.2) is 144 Å². The van der Waals surface area contributed by atoms with E-state index in [1.807, 2.05) is 133 Å². The minimum Gasteiger partial charge on any atom is -0.455 e. The molecule has 0 unspecified atom stereocenters. The first-order valence-electron chi connectivity index (χ1n) is 15.1. The maximum atomic E-state index is 9.71. The fourth-order valence-electron chi connectivity index (χ4n) is 5.95. The van der Waals surface area contributed by atoms with E-state index in [0.29, 0.717) is 28.6 Å². The van der Waals surface area contributed by atoms with E-state index >= 15 is 0 Å². The summed E-state index contributed by atoms with van der Waals surface area (Å²) in [4.78, 5) is 14.6. The van der Waals surface area contributed by atoms with E-state index in [9.17, 15) is 10.5 Å². The smallest absolute Gasteiger partial charge is 0.164 e. The summed E-state index contributed by atoms with van der Waals surface area (Å²) in [5.74, 6) is 1.75. The molecule has 0 bridgehead atoms. The molecule has 0 aliphatic rings. The van der Waals surface area contributed by atoms with Crippen molar-refractivity contribution in [1.29, 1.82) is 10.5 Å². The summed E-state index contributed by atoms with van der Waals surface area (Å²) in [7, 11) is 0. The molecule has 8 aromatic rings. The van der Waals surface area contributed by atoms with Crippen molar-refractivity contribution in [3.8, 4) is 68.6 Å². The van der Waals surface area contributed by atoms with E-state index in [1.54, 1.807) is 6.07 Å². The van der Waals surface area contributed by atoms with Crippen molar-refractivity contribution in [3.63, 3.8) is 0 Å². The molecule has 8 rings (SSSR count). The lowest BCUT2D eigenvalue weighted by Gasteiger charge is -2.13. The van der Waals surface area contributed by atoms with Gasteiger partial charge in [-0.1, -0.05) is 109 Å². The van der Waals surface area contributed by atoms with E-state index < -0.39 is 0 Å². The van der Waals surface area contributed by atoms with Crippen molar-refractivity contribution in [2.75, 3.05) is 0 Å². The summed E-state index contributed by atoms with van der Waals surface area (Å²) in [6, 6.07) is 49.5. The lowest BCUT2D eigenvalue weighted by atomic mass is 9.90. The molecule has 0 N–H and O–H groups in total. The third kappa shape index (κ3) is 5.07. The van der Waals surface area contributed by atoms with Crippen LogP contribution in [0.3, 0.4) is 0 Å². The van der Waals surface area contributed by atoms with Crippen molar-refractivity contribution in [1.82, 2.24) is 15.0 Å². The maximum Gasteiger partial charge on any atom is 0.164 e. The zero-order valence-corrected chi connectivity index (χ0v) is 24.9. The van der Waals surface area contributed by atoms with Crippen molar-refractivity contribution in [3.05, 3.63) is 151 Å². The molecule has 0 amide bonds.